The Kier molecular flexibility index (Phi) is 4.90. The highest BCUT2D eigenvalue weighted by Gasteiger charge is 2.11. The summed E-state index contributed by atoms with van der Waals surface area (Å²) in [7, 11) is 0. The molecule has 0 radical (unpaired) electrons. The Bertz CT molecular complexity index is 647. The third-order valence-corrected chi connectivity index (χ3v) is 3.12. The maximum absolute atomic E-state index is 11.4. The Morgan fingerprint density at radius 2 is 2.00 bits per heavy atom. The van der Waals surface area contributed by atoms with Gasteiger partial charge in [0.05, 0.1) is 10.6 Å². The number of nitrogens with two attached hydrogens (primary N) is 2. The molecule has 5 N–H and O–H groups in total. The zero-order valence-electron chi connectivity index (χ0n) is 11.3. The number of carbonyl (C=O) groups excluding carboxylic acids is 1. The molecule has 2 rings (SSSR count). The van der Waals surface area contributed by atoms with E-state index in [1.165, 1.54) is 0 Å². The van der Waals surface area contributed by atoms with Crippen LogP contribution in [0.3, 0.4) is 0 Å². The minimum absolute atomic E-state index is 0.281. The summed E-state index contributed by atoms with van der Waals surface area (Å²) in [5, 5.41) is 3.40. The van der Waals surface area contributed by atoms with Gasteiger partial charge in [-0.3, -0.25) is 4.79 Å². The van der Waals surface area contributed by atoms with Crippen molar-refractivity contribution < 1.29 is 9.53 Å². The van der Waals surface area contributed by atoms with Crippen molar-refractivity contribution in [1.29, 1.82) is 0 Å². The van der Waals surface area contributed by atoms with E-state index < -0.39 is 5.91 Å². The first-order valence-corrected chi connectivity index (χ1v) is 6.76. The SMILES string of the molecule is NC(=O)c1c(Cl)cccc1NCCOc1cccc(N)c1. The predicted molar refractivity (Wildman–Crippen MR) is 84.8 cm³/mol. The maximum atomic E-state index is 11.4. The molecule has 0 saturated carbocycles. The van der Waals surface area contributed by atoms with Crippen molar-refractivity contribution in [3.8, 4) is 5.75 Å². The Morgan fingerprint density at radius 3 is 2.71 bits per heavy atom. The van der Waals surface area contributed by atoms with Gasteiger partial charge in [0.1, 0.15) is 12.4 Å². The molecule has 0 aliphatic carbocycles. The molecule has 0 aliphatic heterocycles. The number of primary amides is 1. The second kappa shape index (κ2) is 6.85. The van der Waals surface area contributed by atoms with Crippen LogP contribution < -0.4 is 21.5 Å². The zero-order valence-corrected chi connectivity index (χ0v) is 12.1. The van der Waals surface area contributed by atoms with Crippen molar-refractivity contribution in [2.45, 2.75) is 0 Å². The molecule has 0 fully saturated rings. The first-order valence-electron chi connectivity index (χ1n) is 6.38. The molecule has 0 aliphatic rings. The summed E-state index contributed by atoms with van der Waals surface area (Å²) in [6, 6.07) is 12.3. The molecular weight excluding hydrogens is 290 g/mol. The number of hydrogen-bond acceptors (Lipinski definition) is 4. The quantitative estimate of drug-likeness (QED) is 0.565. The second-order valence-electron chi connectivity index (χ2n) is 4.37. The van der Waals surface area contributed by atoms with E-state index in [2.05, 4.69) is 5.32 Å². The number of nitrogens with one attached hydrogen (secondary N) is 1. The molecule has 1 amide bonds. The van der Waals surface area contributed by atoms with Gasteiger partial charge in [0.25, 0.3) is 5.91 Å². The number of amides is 1. The van der Waals surface area contributed by atoms with Gasteiger partial charge in [-0.2, -0.15) is 0 Å². The molecule has 0 atom stereocenters. The molecule has 2 aromatic rings. The average molecular weight is 306 g/mol. The van der Waals surface area contributed by atoms with Crippen LogP contribution in [0.25, 0.3) is 0 Å². The minimum Gasteiger partial charge on any atom is -0.492 e. The van der Waals surface area contributed by atoms with Gasteiger partial charge in [0.2, 0.25) is 0 Å². The van der Waals surface area contributed by atoms with E-state index >= 15 is 0 Å². The van der Waals surface area contributed by atoms with E-state index in [1.54, 1.807) is 30.3 Å². The predicted octanol–water partition coefficient (Wildman–Crippen LogP) is 2.51. The largest absolute Gasteiger partial charge is 0.492 e. The molecule has 0 unspecified atom stereocenters. The third-order valence-electron chi connectivity index (χ3n) is 2.80. The number of carbonyl (C=O) groups is 1. The van der Waals surface area contributed by atoms with E-state index in [0.29, 0.717) is 35.3 Å². The monoisotopic (exact) mass is 305 g/mol. The van der Waals surface area contributed by atoms with Crippen LogP contribution in [-0.4, -0.2) is 19.1 Å². The molecule has 2 aromatic carbocycles. The zero-order chi connectivity index (χ0) is 15.2. The number of ether oxygens (including phenoxy) is 1. The molecule has 21 heavy (non-hydrogen) atoms. The van der Waals surface area contributed by atoms with Gasteiger partial charge in [-0.1, -0.05) is 23.7 Å². The molecule has 0 saturated heterocycles. The normalized spacial score (nSPS) is 10.1. The molecule has 5 nitrogen and oxygen atoms in total. The third kappa shape index (κ3) is 4.03. The average Bonchev–Trinajstić information content (AvgIpc) is 2.43. The highest BCUT2D eigenvalue weighted by molar-refractivity contribution is 6.34. The molecule has 0 bridgehead atoms. The number of halogens is 1. The maximum Gasteiger partial charge on any atom is 0.252 e. The Labute approximate surface area is 127 Å². The van der Waals surface area contributed by atoms with Gasteiger partial charge in [-0.15, -0.1) is 0 Å². The van der Waals surface area contributed by atoms with E-state index in [9.17, 15) is 4.79 Å². The summed E-state index contributed by atoms with van der Waals surface area (Å²) < 4.78 is 5.55. The molecule has 0 spiro atoms. The van der Waals surface area contributed by atoms with Crippen molar-refractivity contribution >= 4 is 28.9 Å². The van der Waals surface area contributed by atoms with Crippen molar-refractivity contribution in [2.24, 2.45) is 5.73 Å². The van der Waals surface area contributed by atoms with Gasteiger partial charge in [0.15, 0.2) is 0 Å². The molecule has 0 heterocycles. The van der Waals surface area contributed by atoms with Crippen molar-refractivity contribution in [3.05, 3.63) is 53.1 Å². The summed E-state index contributed by atoms with van der Waals surface area (Å²) in [4.78, 5) is 11.4. The van der Waals surface area contributed by atoms with Gasteiger partial charge >= 0.3 is 0 Å². The van der Waals surface area contributed by atoms with Crippen molar-refractivity contribution in [3.63, 3.8) is 0 Å². The van der Waals surface area contributed by atoms with Crippen LogP contribution in [0.2, 0.25) is 5.02 Å². The molecular formula is C15H16ClN3O2. The van der Waals surface area contributed by atoms with Crippen LogP contribution in [0.5, 0.6) is 5.75 Å². The van der Waals surface area contributed by atoms with Gasteiger partial charge in [-0.05, 0) is 24.3 Å². The Morgan fingerprint density at radius 1 is 1.24 bits per heavy atom. The van der Waals surface area contributed by atoms with Crippen LogP contribution in [0.15, 0.2) is 42.5 Å². The first-order chi connectivity index (χ1) is 10.1. The van der Waals surface area contributed by atoms with E-state index in [0.717, 1.165) is 0 Å². The number of anilines is 2. The summed E-state index contributed by atoms with van der Waals surface area (Å²) in [6.45, 7) is 0.906. The van der Waals surface area contributed by atoms with E-state index in [-0.39, 0.29) is 5.56 Å². The van der Waals surface area contributed by atoms with E-state index in [1.807, 2.05) is 12.1 Å². The van der Waals surface area contributed by atoms with Crippen LogP contribution in [0.1, 0.15) is 10.4 Å². The molecule has 110 valence electrons. The fourth-order valence-corrected chi connectivity index (χ4v) is 2.15. The number of nitrogen functional groups attached to an aromatic ring is 1. The fourth-order valence-electron chi connectivity index (χ4n) is 1.88. The number of hydrogen-bond donors (Lipinski definition) is 3. The van der Waals surface area contributed by atoms with Crippen molar-refractivity contribution in [1.82, 2.24) is 0 Å². The second-order valence-corrected chi connectivity index (χ2v) is 4.78. The summed E-state index contributed by atoms with van der Waals surface area (Å²) in [5.74, 6) is 0.123. The molecule has 6 heteroatoms. The minimum atomic E-state index is -0.570. The topological polar surface area (TPSA) is 90.4 Å². The Balaban J connectivity index is 1.92. The van der Waals surface area contributed by atoms with Crippen LogP contribution in [-0.2, 0) is 0 Å². The standard InChI is InChI=1S/C15H16ClN3O2/c16-12-5-2-6-13(14(12)15(18)20)19-7-8-21-11-4-1-3-10(17)9-11/h1-6,9,19H,7-8,17H2,(H2,18,20). The highest BCUT2D eigenvalue weighted by Crippen LogP contribution is 2.23. The van der Waals surface area contributed by atoms with Crippen molar-refractivity contribution in [2.75, 3.05) is 24.2 Å². The van der Waals surface area contributed by atoms with Crippen LogP contribution in [0.4, 0.5) is 11.4 Å². The summed E-state index contributed by atoms with van der Waals surface area (Å²) in [6.07, 6.45) is 0. The van der Waals surface area contributed by atoms with E-state index in [4.69, 9.17) is 27.8 Å². The summed E-state index contributed by atoms with van der Waals surface area (Å²) >= 11 is 5.96. The first kappa shape index (κ1) is 15.0. The van der Waals surface area contributed by atoms with Crippen LogP contribution >= 0.6 is 11.6 Å². The van der Waals surface area contributed by atoms with Gasteiger partial charge in [0, 0.05) is 24.0 Å². The lowest BCUT2D eigenvalue weighted by atomic mass is 10.1. The molecule has 0 aromatic heterocycles. The highest BCUT2D eigenvalue weighted by atomic mass is 35.5. The smallest absolute Gasteiger partial charge is 0.252 e. The number of benzene rings is 2. The van der Waals surface area contributed by atoms with Gasteiger partial charge < -0.3 is 21.5 Å². The Hall–Kier alpha value is -2.40. The van der Waals surface area contributed by atoms with Crippen LogP contribution in [0, 0.1) is 0 Å². The van der Waals surface area contributed by atoms with Gasteiger partial charge in [-0.25, -0.2) is 0 Å². The fraction of sp³-hybridized carbons (Fsp3) is 0.133. The lowest BCUT2D eigenvalue weighted by molar-refractivity contribution is 0.100. The summed E-state index contributed by atoms with van der Waals surface area (Å²) in [5.41, 5.74) is 12.5. The lowest BCUT2D eigenvalue weighted by Gasteiger charge is -2.12. The lowest BCUT2D eigenvalue weighted by Crippen LogP contribution is -2.17. The number of rotatable bonds is 6.